The van der Waals surface area contributed by atoms with Crippen LogP contribution in [-0.4, -0.2) is 27.1 Å². The molecule has 6 heteroatoms. The summed E-state index contributed by atoms with van der Waals surface area (Å²) >= 11 is 1.75. The van der Waals surface area contributed by atoms with Crippen molar-refractivity contribution in [3.63, 3.8) is 0 Å². The molecule has 2 aromatic heterocycles. The first-order chi connectivity index (χ1) is 12.5. The van der Waals surface area contributed by atoms with Crippen LogP contribution in [0.15, 0.2) is 40.5 Å². The Balaban J connectivity index is 1.79. The van der Waals surface area contributed by atoms with E-state index in [1.165, 1.54) is 15.1 Å². The van der Waals surface area contributed by atoms with Crippen molar-refractivity contribution in [2.75, 3.05) is 6.54 Å². The number of thiophene rings is 1. The molecule has 1 aliphatic rings. The number of aromatic nitrogens is 2. The van der Waals surface area contributed by atoms with E-state index in [0.29, 0.717) is 36.1 Å². The van der Waals surface area contributed by atoms with Crippen LogP contribution in [0.3, 0.4) is 0 Å². The summed E-state index contributed by atoms with van der Waals surface area (Å²) in [6.07, 6.45) is 0.877. The van der Waals surface area contributed by atoms with Crippen LogP contribution in [0.1, 0.15) is 34.8 Å². The molecule has 0 saturated heterocycles. The van der Waals surface area contributed by atoms with E-state index < -0.39 is 0 Å². The lowest BCUT2D eigenvalue weighted by molar-refractivity contribution is 0.0729. The van der Waals surface area contributed by atoms with Crippen molar-refractivity contribution in [2.45, 2.75) is 33.4 Å². The predicted octanol–water partition coefficient (Wildman–Crippen LogP) is 3.31. The minimum Gasteiger partial charge on any atom is -0.333 e. The number of carbonyl (C=O) groups is 1. The highest BCUT2D eigenvalue weighted by molar-refractivity contribution is 7.10. The van der Waals surface area contributed by atoms with Gasteiger partial charge in [0.15, 0.2) is 5.69 Å². The number of hydrogen-bond donors (Lipinski definition) is 0. The topological polar surface area (TPSA) is 55.2 Å². The summed E-state index contributed by atoms with van der Waals surface area (Å²) in [6, 6.07) is 9.36. The second-order valence-electron chi connectivity index (χ2n) is 7.12. The summed E-state index contributed by atoms with van der Waals surface area (Å²) in [5.74, 6) is 0.170. The van der Waals surface area contributed by atoms with E-state index in [2.05, 4.69) is 16.5 Å². The Bertz CT molecular complexity index is 1030. The van der Waals surface area contributed by atoms with Crippen molar-refractivity contribution in [3.8, 4) is 0 Å². The highest BCUT2D eigenvalue weighted by Gasteiger charge is 2.26. The lowest BCUT2D eigenvalue weighted by atomic mass is 10.1. The lowest BCUT2D eigenvalue weighted by Crippen LogP contribution is -2.37. The molecule has 0 spiro atoms. The average molecular weight is 367 g/mol. The minimum atomic E-state index is -0.135. The van der Waals surface area contributed by atoms with Crippen LogP contribution in [0.5, 0.6) is 0 Å². The van der Waals surface area contributed by atoms with Crippen molar-refractivity contribution in [3.05, 3.63) is 62.2 Å². The van der Waals surface area contributed by atoms with Gasteiger partial charge in [0.2, 0.25) is 0 Å². The number of rotatable bonds is 3. The SMILES string of the molecule is CC(C)Cn1nc(C(=O)N2CCc3sccc3C2)c2ccccc2c1=O. The standard InChI is InChI=1S/C20H21N3O2S/c1-13(2)11-23-19(24)16-6-4-3-5-15(16)18(21-23)20(25)22-9-7-17-14(12-22)8-10-26-17/h3-6,8,10,13H,7,9,11-12H2,1-2H3. The van der Waals surface area contributed by atoms with E-state index in [-0.39, 0.29) is 17.4 Å². The van der Waals surface area contributed by atoms with Gasteiger partial charge in [-0.1, -0.05) is 32.0 Å². The third-order valence-corrected chi connectivity index (χ3v) is 5.73. The van der Waals surface area contributed by atoms with Gasteiger partial charge in [-0.2, -0.15) is 5.10 Å². The number of amides is 1. The second-order valence-corrected chi connectivity index (χ2v) is 8.12. The maximum Gasteiger partial charge on any atom is 0.275 e. The molecule has 5 nitrogen and oxygen atoms in total. The molecule has 1 aliphatic heterocycles. The van der Waals surface area contributed by atoms with Crippen molar-refractivity contribution in [2.24, 2.45) is 5.92 Å². The third-order valence-electron chi connectivity index (χ3n) is 4.70. The molecule has 0 fully saturated rings. The molecule has 1 aromatic carbocycles. The fourth-order valence-corrected chi connectivity index (χ4v) is 4.32. The molecule has 0 atom stereocenters. The van der Waals surface area contributed by atoms with Crippen molar-refractivity contribution < 1.29 is 4.79 Å². The highest BCUT2D eigenvalue weighted by Crippen LogP contribution is 2.25. The third kappa shape index (κ3) is 2.94. The van der Waals surface area contributed by atoms with Gasteiger partial charge in [-0.25, -0.2) is 4.68 Å². The van der Waals surface area contributed by atoms with Crippen LogP contribution in [0, 0.1) is 5.92 Å². The van der Waals surface area contributed by atoms with Crippen LogP contribution in [0.4, 0.5) is 0 Å². The molecule has 0 N–H and O–H groups in total. The molecule has 26 heavy (non-hydrogen) atoms. The van der Waals surface area contributed by atoms with Gasteiger partial charge in [0.05, 0.1) is 5.39 Å². The first-order valence-corrected chi connectivity index (χ1v) is 9.77. The number of benzene rings is 1. The molecule has 0 saturated carbocycles. The van der Waals surface area contributed by atoms with E-state index >= 15 is 0 Å². The molecule has 3 aromatic rings. The van der Waals surface area contributed by atoms with Crippen molar-refractivity contribution in [1.82, 2.24) is 14.7 Å². The van der Waals surface area contributed by atoms with E-state index in [4.69, 9.17) is 0 Å². The van der Waals surface area contributed by atoms with Gasteiger partial charge >= 0.3 is 0 Å². The van der Waals surface area contributed by atoms with Crippen LogP contribution >= 0.6 is 11.3 Å². The fourth-order valence-electron chi connectivity index (χ4n) is 3.43. The summed E-state index contributed by atoms with van der Waals surface area (Å²) in [5, 5.41) is 7.75. The number of nitrogens with zero attached hydrogens (tertiary/aromatic N) is 3. The molecule has 0 aliphatic carbocycles. The molecular weight excluding hydrogens is 346 g/mol. The van der Waals surface area contributed by atoms with Crippen molar-refractivity contribution >= 4 is 28.0 Å². The Morgan fingerprint density at radius 1 is 1.23 bits per heavy atom. The van der Waals surface area contributed by atoms with Gasteiger partial charge < -0.3 is 4.90 Å². The van der Waals surface area contributed by atoms with Gasteiger partial charge in [-0.15, -0.1) is 11.3 Å². The molecule has 1 amide bonds. The smallest absolute Gasteiger partial charge is 0.275 e. The summed E-state index contributed by atoms with van der Waals surface area (Å²) in [6.45, 7) is 5.86. The second kappa shape index (κ2) is 6.68. The molecule has 0 unspecified atom stereocenters. The zero-order valence-electron chi connectivity index (χ0n) is 14.9. The summed E-state index contributed by atoms with van der Waals surface area (Å²) < 4.78 is 1.44. The normalized spacial score (nSPS) is 14.0. The quantitative estimate of drug-likeness (QED) is 0.714. The minimum absolute atomic E-state index is 0.101. The summed E-state index contributed by atoms with van der Waals surface area (Å²) in [4.78, 5) is 29.2. The Hall–Kier alpha value is -2.47. The number of fused-ring (bicyclic) bond motifs is 2. The molecule has 0 radical (unpaired) electrons. The molecule has 4 rings (SSSR count). The number of carbonyl (C=O) groups excluding carboxylic acids is 1. The monoisotopic (exact) mass is 367 g/mol. The Labute approximate surface area is 155 Å². The van der Waals surface area contributed by atoms with Gasteiger partial charge in [0, 0.05) is 29.9 Å². The van der Waals surface area contributed by atoms with Gasteiger partial charge in [0.1, 0.15) is 0 Å². The van der Waals surface area contributed by atoms with Gasteiger partial charge in [-0.05, 0) is 35.4 Å². The predicted molar refractivity (Wildman–Crippen MR) is 104 cm³/mol. The van der Waals surface area contributed by atoms with E-state index in [0.717, 1.165) is 6.42 Å². The van der Waals surface area contributed by atoms with E-state index in [1.54, 1.807) is 17.4 Å². The average Bonchev–Trinajstić information content (AvgIpc) is 3.11. The lowest BCUT2D eigenvalue weighted by Gasteiger charge is -2.27. The van der Waals surface area contributed by atoms with Crippen LogP contribution in [0.2, 0.25) is 0 Å². The Morgan fingerprint density at radius 3 is 2.77 bits per heavy atom. The number of hydrogen-bond acceptors (Lipinski definition) is 4. The fraction of sp³-hybridized carbons (Fsp3) is 0.350. The first-order valence-electron chi connectivity index (χ1n) is 8.89. The summed E-state index contributed by atoms with van der Waals surface area (Å²) in [5.41, 5.74) is 1.46. The zero-order chi connectivity index (χ0) is 18.3. The maximum absolute atomic E-state index is 13.2. The zero-order valence-corrected chi connectivity index (χ0v) is 15.8. The molecule has 3 heterocycles. The van der Waals surface area contributed by atoms with Gasteiger partial charge in [0.25, 0.3) is 11.5 Å². The Morgan fingerprint density at radius 2 is 2.00 bits per heavy atom. The largest absolute Gasteiger partial charge is 0.333 e. The molecule has 134 valence electrons. The van der Waals surface area contributed by atoms with Crippen LogP contribution in [-0.2, 0) is 19.5 Å². The first kappa shape index (κ1) is 17.0. The summed E-state index contributed by atoms with van der Waals surface area (Å²) in [7, 11) is 0. The Kier molecular flexibility index (Phi) is 4.36. The van der Waals surface area contributed by atoms with Gasteiger partial charge in [-0.3, -0.25) is 9.59 Å². The van der Waals surface area contributed by atoms with Crippen LogP contribution in [0.25, 0.3) is 10.8 Å². The molecular formula is C20H21N3O2S. The highest BCUT2D eigenvalue weighted by atomic mass is 32.1. The molecule has 0 bridgehead atoms. The van der Waals surface area contributed by atoms with Crippen molar-refractivity contribution in [1.29, 1.82) is 0 Å². The van der Waals surface area contributed by atoms with E-state index in [1.807, 2.05) is 36.9 Å². The maximum atomic E-state index is 13.2. The van der Waals surface area contributed by atoms with Crippen LogP contribution < -0.4 is 5.56 Å². The van der Waals surface area contributed by atoms with E-state index in [9.17, 15) is 9.59 Å².